The van der Waals surface area contributed by atoms with Crippen LogP contribution in [-0.2, 0) is 0 Å². The van der Waals surface area contributed by atoms with Crippen molar-refractivity contribution in [3.8, 4) is 0 Å². The molecule has 1 fully saturated rings. The fraction of sp³-hybridized carbons (Fsp3) is 0.667. The van der Waals surface area contributed by atoms with Crippen LogP contribution in [-0.4, -0.2) is 35.6 Å². The first-order valence-corrected chi connectivity index (χ1v) is 4.75. The summed E-state index contributed by atoms with van der Waals surface area (Å²) in [6.07, 6.45) is 1.88. The zero-order valence-electron chi connectivity index (χ0n) is 8.17. The van der Waals surface area contributed by atoms with Crippen molar-refractivity contribution in [2.75, 3.05) is 24.5 Å². The number of piperazine rings is 1. The van der Waals surface area contributed by atoms with Crippen molar-refractivity contribution in [3.63, 3.8) is 0 Å². The van der Waals surface area contributed by atoms with Crippen LogP contribution in [0.25, 0.3) is 0 Å². The molecule has 1 atom stereocenters. The maximum Gasteiger partial charge on any atom is 0.203 e. The van der Waals surface area contributed by atoms with Gasteiger partial charge >= 0.3 is 0 Å². The Labute approximate surface area is 78.4 Å². The lowest BCUT2D eigenvalue weighted by Crippen LogP contribution is -2.49. The normalized spacial score (nSPS) is 23.5. The second-order valence-corrected chi connectivity index (χ2v) is 3.69. The number of H-pyrrole nitrogens is 1. The quantitative estimate of drug-likeness (QED) is 0.662. The highest BCUT2D eigenvalue weighted by atomic mass is 15.3. The highest BCUT2D eigenvalue weighted by Crippen LogP contribution is 2.10. The van der Waals surface area contributed by atoms with Crippen LogP contribution in [0.15, 0.2) is 6.20 Å². The molecule has 4 heteroatoms. The first-order valence-electron chi connectivity index (χ1n) is 4.75. The first kappa shape index (κ1) is 8.56. The summed E-state index contributed by atoms with van der Waals surface area (Å²) < 4.78 is 0. The van der Waals surface area contributed by atoms with E-state index in [2.05, 4.69) is 27.1 Å². The molecule has 1 aromatic rings. The molecule has 1 aromatic heterocycles. The van der Waals surface area contributed by atoms with E-state index in [1.807, 2.05) is 13.1 Å². The van der Waals surface area contributed by atoms with Gasteiger partial charge in [-0.25, -0.2) is 4.98 Å². The number of aromatic nitrogens is 2. The fourth-order valence-electron chi connectivity index (χ4n) is 1.68. The van der Waals surface area contributed by atoms with Gasteiger partial charge in [-0.2, -0.15) is 0 Å². The molecule has 13 heavy (non-hydrogen) atoms. The Bertz CT molecular complexity index is 281. The Hall–Kier alpha value is -1.03. The highest BCUT2D eigenvalue weighted by Gasteiger charge is 2.17. The number of rotatable bonds is 1. The van der Waals surface area contributed by atoms with Gasteiger partial charge in [0.15, 0.2) is 0 Å². The molecule has 1 aliphatic heterocycles. The zero-order valence-corrected chi connectivity index (χ0v) is 8.17. The van der Waals surface area contributed by atoms with E-state index in [-0.39, 0.29) is 0 Å². The average Bonchev–Trinajstić information content (AvgIpc) is 2.52. The largest absolute Gasteiger partial charge is 0.340 e. The van der Waals surface area contributed by atoms with Crippen LogP contribution >= 0.6 is 0 Å². The number of anilines is 1. The summed E-state index contributed by atoms with van der Waals surface area (Å²) in [5, 5.41) is 3.41. The molecular weight excluding hydrogens is 164 g/mol. The molecular formula is C9H16N4. The summed E-state index contributed by atoms with van der Waals surface area (Å²) in [6, 6.07) is 0.555. The minimum atomic E-state index is 0.555. The maximum absolute atomic E-state index is 4.32. The Kier molecular flexibility index (Phi) is 2.22. The van der Waals surface area contributed by atoms with E-state index >= 15 is 0 Å². The van der Waals surface area contributed by atoms with E-state index in [1.54, 1.807) is 0 Å². The third-order valence-electron chi connectivity index (χ3n) is 2.36. The number of aromatic amines is 1. The summed E-state index contributed by atoms with van der Waals surface area (Å²) in [7, 11) is 0. The third-order valence-corrected chi connectivity index (χ3v) is 2.36. The SMILES string of the molecule is Cc1cnc(N2CCNC(C)C2)[nH]1. The summed E-state index contributed by atoms with van der Waals surface area (Å²) in [5.74, 6) is 1.01. The van der Waals surface area contributed by atoms with Crippen molar-refractivity contribution < 1.29 is 0 Å². The van der Waals surface area contributed by atoms with Gasteiger partial charge in [0.1, 0.15) is 0 Å². The fourth-order valence-corrected chi connectivity index (χ4v) is 1.68. The number of nitrogens with one attached hydrogen (secondary N) is 2. The molecule has 0 saturated carbocycles. The second kappa shape index (κ2) is 3.38. The van der Waals surface area contributed by atoms with Crippen LogP contribution < -0.4 is 10.2 Å². The topological polar surface area (TPSA) is 44.0 Å². The molecule has 2 N–H and O–H groups in total. The van der Waals surface area contributed by atoms with Crippen LogP contribution in [0.4, 0.5) is 5.95 Å². The van der Waals surface area contributed by atoms with Gasteiger partial charge in [0.05, 0.1) is 0 Å². The van der Waals surface area contributed by atoms with Crippen molar-refractivity contribution in [1.29, 1.82) is 0 Å². The lowest BCUT2D eigenvalue weighted by molar-refractivity contribution is 0.480. The van der Waals surface area contributed by atoms with Gasteiger partial charge in [-0.1, -0.05) is 0 Å². The molecule has 1 aliphatic rings. The predicted octanol–water partition coefficient (Wildman–Crippen LogP) is 0.516. The van der Waals surface area contributed by atoms with E-state index in [0.29, 0.717) is 6.04 Å². The second-order valence-electron chi connectivity index (χ2n) is 3.69. The Balaban J connectivity index is 2.08. The summed E-state index contributed by atoms with van der Waals surface area (Å²) >= 11 is 0. The lowest BCUT2D eigenvalue weighted by Gasteiger charge is -2.31. The molecule has 72 valence electrons. The average molecular weight is 180 g/mol. The van der Waals surface area contributed by atoms with Crippen molar-refractivity contribution >= 4 is 5.95 Å². The molecule has 0 spiro atoms. The minimum absolute atomic E-state index is 0.555. The number of aryl methyl sites for hydroxylation is 1. The molecule has 0 amide bonds. The van der Waals surface area contributed by atoms with Crippen LogP contribution in [0.5, 0.6) is 0 Å². The van der Waals surface area contributed by atoms with Gasteiger partial charge < -0.3 is 15.2 Å². The van der Waals surface area contributed by atoms with Gasteiger partial charge in [0.2, 0.25) is 5.95 Å². The summed E-state index contributed by atoms with van der Waals surface area (Å²) in [5.41, 5.74) is 1.13. The molecule has 0 aliphatic carbocycles. The number of hydrogen-bond acceptors (Lipinski definition) is 3. The molecule has 0 aromatic carbocycles. The third kappa shape index (κ3) is 1.83. The standard InChI is InChI=1S/C9H16N4/c1-7-5-11-9(12-7)13-4-3-10-8(2)6-13/h5,8,10H,3-4,6H2,1-2H3,(H,11,12). The van der Waals surface area contributed by atoms with Crippen molar-refractivity contribution in [3.05, 3.63) is 11.9 Å². The number of imidazole rings is 1. The molecule has 0 bridgehead atoms. The van der Waals surface area contributed by atoms with Crippen LogP contribution in [0.2, 0.25) is 0 Å². The van der Waals surface area contributed by atoms with E-state index in [9.17, 15) is 0 Å². The predicted molar refractivity (Wildman–Crippen MR) is 53.0 cm³/mol. The molecule has 2 rings (SSSR count). The Morgan fingerprint density at radius 3 is 3.08 bits per heavy atom. The Morgan fingerprint density at radius 1 is 1.62 bits per heavy atom. The number of hydrogen-bond donors (Lipinski definition) is 2. The van der Waals surface area contributed by atoms with E-state index in [0.717, 1.165) is 31.3 Å². The van der Waals surface area contributed by atoms with Gasteiger partial charge in [0, 0.05) is 37.6 Å². The van der Waals surface area contributed by atoms with E-state index in [1.165, 1.54) is 0 Å². The van der Waals surface area contributed by atoms with Crippen LogP contribution in [0, 0.1) is 6.92 Å². The van der Waals surface area contributed by atoms with E-state index in [4.69, 9.17) is 0 Å². The summed E-state index contributed by atoms with van der Waals surface area (Å²) in [4.78, 5) is 9.86. The van der Waals surface area contributed by atoms with Crippen LogP contribution in [0.3, 0.4) is 0 Å². The smallest absolute Gasteiger partial charge is 0.203 e. The minimum Gasteiger partial charge on any atom is -0.340 e. The number of nitrogens with zero attached hydrogens (tertiary/aromatic N) is 2. The molecule has 4 nitrogen and oxygen atoms in total. The van der Waals surface area contributed by atoms with Crippen molar-refractivity contribution in [1.82, 2.24) is 15.3 Å². The maximum atomic E-state index is 4.32. The highest BCUT2D eigenvalue weighted by molar-refractivity contribution is 5.32. The molecule has 1 saturated heterocycles. The van der Waals surface area contributed by atoms with Gasteiger partial charge in [-0.05, 0) is 13.8 Å². The van der Waals surface area contributed by atoms with Gasteiger partial charge in [-0.15, -0.1) is 0 Å². The first-order chi connectivity index (χ1) is 6.25. The van der Waals surface area contributed by atoms with Crippen molar-refractivity contribution in [2.45, 2.75) is 19.9 Å². The molecule has 2 heterocycles. The molecule has 0 radical (unpaired) electrons. The van der Waals surface area contributed by atoms with E-state index < -0.39 is 0 Å². The summed E-state index contributed by atoms with van der Waals surface area (Å²) in [6.45, 7) is 7.34. The lowest BCUT2D eigenvalue weighted by atomic mass is 10.2. The Morgan fingerprint density at radius 2 is 2.46 bits per heavy atom. The monoisotopic (exact) mass is 180 g/mol. The van der Waals surface area contributed by atoms with Crippen molar-refractivity contribution in [2.24, 2.45) is 0 Å². The zero-order chi connectivity index (χ0) is 9.26. The van der Waals surface area contributed by atoms with Crippen LogP contribution in [0.1, 0.15) is 12.6 Å². The van der Waals surface area contributed by atoms with Gasteiger partial charge in [-0.3, -0.25) is 0 Å². The molecule has 1 unspecified atom stereocenters. The van der Waals surface area contributed by atoms with Gasteiger partial charge in [0.25, 0.3) is 0 Å².